The second kappa shape index (κ2) is 8.57. The SMILES string of the molecule is Cc1ccc(S(=O)(=O)O/N=C(\C(=O)c2ccccc2)c2nc3c(ccc4ccccc43)o2)cc1. The Morgan fingerprint density at radius 2 is 1.59 bits per heavy atom. The van der Waals surface area contributed by atoms with Gasteiger partial charge in [0.15, 0.2) is 5.58 Å². The number of hydrogen-bond donors (Lipinski definition) is 0. The van der Waals surface area contributed by atoms with Crippen LogP contribution in [0, 0.1) is 6.92 Å². The number of oxime groups is 1. The molecule has 0 saturated carbocycles. The lowest BCUT2D eigenvalue weighted by Gasteiger charge is -2.04. The van der Waals surface area contributed by atoms with Crippen molar-refractivity contribution in [1.29, 1.82) is 0 Å². The lowest BCUT2D eigenvalue weighted by Crippen LogP contribution is -2.18. The molecular weight excluding hydrogens is 452 g/mol. The van der Waals surface area contributed by atoms with Crippen molar-refractivity contribution in [3.8, 4) is 0 Å². The Kier molecular flexibility index (Phi) is 5.43. The van der Waals surface area contributed by atoms with Crippen molar-refractivity contribution in [3.05, 3.63) is 108 Å². The molecule has 0 atom stereocenters. The number of aryl methyl sites for hydroxylation is 1. The normalized spacial score (nSPS) is 12.2. The number of rotatable bonds is 6. The first kappa shape index (κ1) is 21.5. The largest absolute Gasteiger partial charge is 0.434 e. The number of nitrogens with zero attached hydrogens (tertiary/aromatic N) is 2. The number of benzene rings is 4. The van der Waals surface area contributed by atoms with E-state index in [1.54, 1.807) is 48.5 Å². The number of carbonyl (C=O) groups is 1. The van der Waals surface area contributed by atoms with E-state index >= 15 is 0 Å². The Labute approximate surface area is 195 Å². The third kappa shape index (κ3) is 4.06. The van der Waals surface area contributed by atoms with E-state index < -0.39 is 15.9 Å². The summed E-state index contributed by atoms with van der Waals surface area (Å²) in [4.78, 5) is 17.7. The highest BCUT2D eigenvalue weighted by molar-refractivity contribution is 7.86. The minimum Gasteiger partial charge on any atom is -0.434 e. The van der Waals surface area contributed by atoms with Gasteiger partial charge >= 0.3 is 10.1 Å². The van der Waals surface area contributed by atoms with Crippen LogP contribution in [-0.2, 0) is 14.4 Å². The summed E-state index contributed by atoms with van der Waals surface area (Å²) >= 11 is 0. The van der Waals surface area contributed by atoms with Crippen molar-refractivity contribution >= 4 is 43.5 Å². The topological polar surface area (TPSA) is 98.8 Å². The van der Waals surface area contributed by atoms with Gasteiger partial charge in [0.2, 0.25) is 11.5 Å². The number of Topliss-reactive ketones (excluding diaryl/α,β-unsaturated/α-hetero) is 1. The molecule has 0 aliphatic carbocycles. The molecular formula is C26H18N2O5S. The Bertz CT molecular complexity index is 1650. The van der Waals surface area contributed by atoms with E-state index in [1.165, 1.54) is 12.1 Å². The molecule has 4 aromatic carbocycles. The fraction of sp³-hybridized carbons (Fsp3) is 0.0385. The van der Waals surface area contributed by atoms with Crippen molar-refractivity contribution in [3.63, 3.8) is 0 Å². The molecule has 8 heteroatoms. The van der Waals surface area contributed by atoms with Gasteiger partial charge in [0.05, 0.1) is 0 Å². The van der Waals surface area contributed by atoms with Gasteiger partial charge in [-0.15, -0.1) is 0 Å². The van der Waals surface area contributed by atoms with Crippen LogP contribution in [-0.4, -0.2) is 24.9 Å². The van der Waals surface area contributed by atoms with Gasteiger partial charge in [-0.2, -0.15) is 8.42 Å². The Morgan fingerprint density at radius 3 is 2.35 bits per heavy atom. The molecule has 0 N–H and O–H groups in total. The molecule has 0 spiro atoms. The quantitative estimate of drug-likeness (QED) is 0.190. The summed E-state index contributed by atoms with van der Waals surface area (Å²) in [5.74, 6) is -0.727. The van der Waals surface area contributed by atoms with Gasteiger partial charge in [-0.05, 0) is 30.5 Å². The molecule has 168 valence electrons. The van der Waals surface area contributed by atoms with E-state index in [4.69, 9.17) is 8.70 Å². The number of aromatic nitrogens is 1. The molecule has 7 nitrogen and oxygen atoms in total. The predicted molar refractivity (Wildman–Crippen MR) is 128 cm³/mol. The summed E-state index contributed by atoms with van der Waals surface area (Å²) in [6.45, 7) is 1.84. The van der Waals surface area contributed by atoms with E-state index in [0.717, 1.165) is 16.3 Å². The zero-order valence-corrected chi connectivity index (χ0v) is 18.8. The Morgan fingerprint density at radius 1 is 0.882 bits per heavy atom. The Hall–Kier alpha value is -4.30. The van der Waals surface area contributed by atoms with E-state index in [2.05, 4.69) is 10.1 Å². The first-order chi connectivity index (χ1) is 16.4. The van der Waals surface area contributed by atoms with E-state index in [0.29, 0.717) is 11.1 Å². The predicted octanol–water partition coefficient (Wildman–Crippen LogP) is 5.28. The van der Waals surface area contributed by atoms with Crippen molar-refractivity contribution in [1.82, 2.24) is 4.98 Å². The lowest BCUT2D eigenvalue weighted by atomic mass is 10.1. The van der Waals surface area contributed by atoms with Gasteiger partial charge in [-0.25, -0.2) is 4.98 Å². The fourth-order valence-corrected chi connectivity index (χ4v) is 4.23. The fourth-order valence-electron chi connectivity index (χ4n) is 3.50. The van der Waals surface area contributed by atoms with Crippen LogP contribution < -0.4 is 0 Å². The summed E-state index contributed by atoms with van der Waals surface area (Å²) in [5, 5.41) is 5.51. The molecule has 0 unspecified atom stereocenters. The van der Waals surface area contributed by atoms with Crippen LogP contribution >= 0.6 is 0 Å². The minimum atomic E-state index is -4.27. The molecule has 34 heavy (non-hydrogen) atoms. The average molecular weight is 471 g/mol. The van der Waals surface area contributed by atoms with Crippen LogP contribution in [0.2, 0.25) is 0 Å². The Balaban J connectivity index is 1.62. The van der Waals surface area contributed by atoms with E-state index in [1.807, 2.05) is 37.3 Å². The molecule has 1 heterocycles. The van der Waals surface area contributed by atoms with Crippen LogP contribution in [0.1, 0.15) is 21.8 Å². The highest BCUT2D eigenvalue weighted by atomic mass is 32.2. The monoisotopic (exact) mass is 470 g/mol. The van der Waals surface area contributed by atoms with Crippen molar-refractivity contribution in [2.45, 2.75) is 11.8 Å². The molecule has 0 fully saturated rings. The molecule has 5 aromatic rings. The third-order valence-electron chi connectivity index (χ3n) is 5.27. The molecule has 0 bridgehead atoms. The van der Waals surface area contributed by atoms with E-state index in [9.17, 15) is 13.2 Å². The molecule has 1 aromatic heterocycles. The minimum absolute atomic E-state index is 0.0862. The number of carbonyl (C=O) groups excluding carboxylic acids is 1. The number of oxazole rings is 1. The highest BCUT2D eigenvalue weighted by Crippen LogP contribution is 2.26. The zero-order valence-electron chi connectivity index (χ0n) is 18.0. The molecule has 0 aliphatic heterocycles. The summed E-state index contributed by atoms with van der Waals surface area (Å²) in [6.07, 6.45) is 0. The van der Waals surface area contributed by atoms with Crippen molar-refractivity contribution < 1.29 is 21.9 Å². The first-order valence-electron chi connectivity index (χ1n) is 10.4. The van der Waals surface area contributed by atoms with Crippen molar-refractivity contribution in [2.75, 3.05) is 0 Å². The number of fused-ring (bicyclic) bond motifs is 3. The van der Waals surface area contributed by atoms with Gasteiger partial charge in [0, 0.05) is 10.9 Å². The van der Waals surface area contributed by atoms with Gasteiger partial charge in [-0.1, -0.05) is 83.5 Å². The van der Waals surface area contributed by atoms with Crippen LogP contribution in [0.3, 0.4) is 0 Å². The number of ketones is 1. The summed E-state index contributed by atoms with van der Waals surface area (Å²) in [7, 11) is -4.27. The van der Waals surface area contributed by atoms with Gasteiger partial charge in [-0.3, -0.25) is 9.08 Å². The van der Waals surface area contributed by atoms with Crippen LogP contribution in [0.5, 0.6) is 0 Å². The number of hydrogen-bond acceptors (Lipinski definition) is 7. The third-order valence-corrected chi connectivity index (χ3v) is 6.39. The smallest absolute Gasteiger partial charge is 0.358 e. The van der Waals surface area contributed by atoms with Gasteiger partial charge in [0.25, 0.3) is 5.89 Å². The molecule has 0 radical (unpaired) electrons. The second-order valence-electron chi connectivity index (χ2n) is 7.63. The van der Waals surface area contributed by atoms with Crippen LogP contribution in [0.25, 0.3) is 21.9 Å². The molecule has 0 saturated heterocycles. The standard InChI is InChI=1S/C26H18N2O5S/c1-17-11-14-20(15-12-17)34(30,31)33-28-24(25(29)19-8-3-2-4-9-19)26-27-23-21-10-6-5-7-18(21)13-16-22(23)32-26/h2-16H,1H3/b28-24+. The summed E-state index contributed by atoms with van der Waals surface area (Å²) in [5.41, 5.74) is 1.78. The van der Waals surface area contributed by atoms with Crippen LogP contribution in [0.4, 0.5) is 0 Å². The van der Waals surface area contributed by atoms with Crippen LogP contribution in [0.15, 0.2) is 105 Å². The molecule has 5 rings (SSSR count). The maximum atomic E-state index is 13.3. The average Bonchev–Trinajstić information content (AvgIpc) is 3.29. The highest BCUT2D eigenvalue weighted by Gasteiger charge is 2.25. The summed E-state index contributed by atoms with van der Waals surface area (Å²) < 4.78 is 36.2. The lowest BCUT2D eigenvalue weighted by molar-refractivity contribution is 0.106. The van der Waals surface area contributed by atoms with Gasteiger partial charge < -0.3 is 4.42 Å². The van der Waals surface area contributed by atoms with Gasteiger partial charge in [0.1, 0.15) is 10.4 Å². The first-order valence-corrected chi connectivity index (χ1v) is 11.8. The molecule has 0 amide bonds. The van der Waals surface area contributed by atoms with E-state index in [-0.39, 0.29) is 22.1 Å². The second-order valence-corrected chi connectivity index (χ2v) is 9.16. The zero-order chi connectivity index (χ0) is 23.7. The summed E-state index contributed by atoms with van der Waals surface area (Å²) in [6, 6.07) is 25.6. The molecule has 0 aliphatic rings. The van der Waals surface area contributed by atoms with Crippen molar-refractivity contribution in [2.24, 2.45) is 5.16 Å². The maximum Gasteiger partial charge on any atom is 0.358 e. The maximum absolute atomic E-state index is 13.3.